The summed E-state index contributed by atoms with van der Waals surface area (Å²) >= 11 is 0. The maximum atomic E-state index is 11.3. The van der Waals surface area contributed by atoms with Crippen molar-refractivity contribution >= 4 is 11.7 Å². The van der Waals surface area contributed by atoms with Gasteiger partial charge in [-0.3, -0.25) is 4.79 Å². The molecule has 0 saturated carbocycles. The van der Waals surface area contributed by atoms with E-state index in [1.165, 1.54) is 16.8 Å². The Kier molecular flexibility index (Phi) is 4.65. The summed E-state index contributed by atoms with van der Waals surface area (Å²) in [4.78, 5) is 13.7. The number of hydrogen-bond acceptors (Lipinski definition) is 3. The molecule has 4 nitrogen and oxygen atoms in total. The number of benzene rings is 1. The highest BCUT2D eigenvalue weighted by atomic mass is 16.4. The number of nitrogens with one attached hydrogen (secondary N) is 1. The number of rotatable bonds is 5. The zero-order valence-corrected chi connectivity index (χ0v) is 12.5. The van der Waals surface area contributed by atoms with Crippen molar-refractivity contribution in [2.45, 2.75) is 33.2 Å². The van der Waals surface area contributed by atoms with Crippen LogP contribution in [0.15, 0.2) is 18.2 Å². The number of likely N-dealkylation sites (N-methyl/N-ethyl adjacent to an activating group) is 1. The molecule has 2 unspecified atom stereocenters. The molecule has 1 aliphatic heterocycles. The van der Waals surface area contributed by atoms with Crippen LogP contribution in [0.5, 0.6) is 0 Å². The molecule has 20 heavy (non-hydrogen) atoms. The molecule has 2 atom stereocenters. The van der Waals surface area contributed by atoms with Crippen LogP contribution in [0.1, 0.15) is 24.5 Å². The summed E-state index contributed by atoms with van der Waals surface area (Å²) in [6.45, 7) is 8.59. The van der Waals surface area contributed by atoms with Gasteiger partial charge >= 0.3 is 5.97 Å². The molecule has 1 aliphatic rings. The van der Waals surface area contributed by atoms with Crippen molar-refractivity contribution in [2.24, 2.45) is 5.92 Å². The summed E-state index contributed by atoms with van der Waals surface area (Å²) in [5.74, 6) is -0.563. The molecule has 2 rings (SSSR count). The fraction of sp³-hybridized carbons (Fsp3) is 0.562. The van der Waals surface area contributed by atoms with Gasteiger partial charge in [0.15, 0.2) is 0 Å². The molecule has 0 aliphatic carbocycles. The van der Waals surface area contributed by atoms with Gasteiger partial charge in [0.1, 0.15) is 6.04 Å². The largest absolute Gasteiger partial charge is 0.480 e. The van der Waals surface area contributed by atoms with Gasteiger partial charge in [-0.05, 0) is 50.1 Å². The molecule has 1 fully saturated rings. The molecular formula is C16H24N2O2. The first-order valence-corrected chi connectivity index (χ1v) is 7.30. The van der Waals surface area contributed by atoms with E-state index >= 15 is 0 Å². The van der Waals surface area contributed by atoms with Crippen LogP contribution in [-0.2, 0) is 4.79 Å². The Bertz CT molecular complexity index is 467. The zero-order valence-electron chi connectivity index (χ0n) is 12.5. The van der Waals surface area contributed by atoms with E-state index in [1.54, 1.807) is 0 Å². The van der Waals surface area contributed by atoms with E-state index in [4.69, 9.17) is 0 Å². The Morgan fingerprint density at radius 2 is 2.05 bits per heavy atom. The van der Waals surface area contributed by atoms with Crippen LogP contribution in [0.2, 0.25) is 0 Å². The van der Waals surface area contributed by atoms with Crippen LogP contribution in [0, 0.1) is 19.8 Å². The van der Waals surface area contributed by atoms with Crippen LogP contribution in [0.25, 0.3) is 0 Å². The second-order valence-corrected chi connectivity index (χ2v) is 5.71. The minimum atomic E-state index is -0.737. The van der Waals surface area contributed by atoms with E-state index in [-0.39, 0.29) is 5.92 Å². The average molecular weight is 276 g/mol. The maximum Gasteiger partial charge on any atom is 0.321 e. The summed E-state index contributed by atoms with van der Waals surface area (Å²) in [7, 11) is 0. The highest BCUT2D eigenvalue weighted by Crippen LogP contribution is 2.27. The van der Waals surface area contributed by atoms with Gasteiger partial charge in [-0.1, -0.05) is 13.0 Å². The second kappa shape index (κ2) is 6.27. The predicted octanol–water partition coefficient (Wildman–Crippen LogP) is 2.19. The van der Waals surface area contributed by atoms with E-state index in [1.807, 2.05) is 6.92 Å². The Hall–Kier alpha value is -1.55. The summed E-state index contributed by atoms with van der Waals surface area (Å²) in [5.41, 5.74) is 3.72. The second-order valence-electron chi connectivity index (χ2n) is 5.71. The van der Waals surface area contributed by atoms with Crippen molar-refractivity contribution in [3.05, 3.63) is 29.3 Å². The number of carboxylic acid groups (broad SMARTS) is 1. The molecule has 1 saturated heterocycles. The van der Waals surface area contributed by atoms with Crippen LogP contribution in [0.4, 0.5) is 5.69 Å². The standard InChI is InChI=1S/C16H24N2O2/c1-4-17-15(16(19)20)13-5-6-18(10-13)14-8-11(2)7-12(3)9-14/h7-9,13,15,17H,4-6,10H2,1-3H3,(H,19,20). The van der Waals surface area contributed by atoms with Gasteiger partial charge in [-0.25, -0.2) is 0 Å². The molecule has 1 heterocycles. The molecule has 0 aromatic heterocycles. The van der Waals surface area contributed by atoms with E-state index in [9.17, 15) is 9.90 Å². The van der Waals surface area contributed by atoms with Gasteiger partial charge in [0.05, 0.1) is 0 Å². The predicted molar refractivity (Wildman–Crippen MR) is 81.3 cm³/mol. The smallest absolute Gasteiger partial charge is 0.321 e. The Morgan fingerprint density at radius 1 is 1.40 bits per heavy atom. The Balaban J connectivity index is 2.09. The lowest BCUT2D eigenvalue weighted by Gasteiger charge is -2.23. The van der Waals surface area contributed by atoms with Crippen molar-refractivity contribution < 1.29 is 9.90 Å². The number of carbonyl (C=O) groups is 1. The van der Waals surface area contributed by atoms with Crippen LogP contribution in [-0.4, -0.2) is 36.8 Å². The molecule has 4 heteroatoms. The molecule has 2 N–H and O–H groups in total. The number of nitrogens with zero attached hydrogens (tertiary/aromatic N) is 1. The normalized spacial score (nSPS) is 20.1. The van der Waals surface area contributed by atoms with E-state index in [0.717, 1.165) is 19.5 Å². The average Bonchev–Trinajstić information content (AvgIpc) is 2.83. The third-order valence-corrected chi connectivity index (χ3v) is 3.96. The molecular weight excluding hydrogens is 252 g/mol. The molecule has 1 aromatic rings. The topological polar surface area (TPSA) is 52.6 Å². The summed E-state index contributed by atoms with van der Waals surface area (Å²) in [6.07, 6.45) is 0.928. The van der Waals surface area contributed by atoms with Crippen molar-refractivity contribution in [1.82, 2.24) is 5.32 Å². The lowest BCUT2D eigenvalue weighted by Crippen LogP contribution is -2.43. The lowest BCUT2D eigenvalue weighted by atomic mass is 9.99. The van der Waals surface area contributed by atoms with E-state index in [2.05, 4.69) is 42.3 Å². The van der Waals surface area contributed by atoms with Gasteiger partial charge in [0.25, 0.3) is 0 Å². The molecule has 0 bridgehead atoms. The number of carboxylic acids is 1. The lowest BCUT2D eigenvalue weighted by molar-refractivity contribution is -0.140. The fourth-order valence-electron chi connectivity index (χ4n) is 3.10. The minimum Gasteiger partial charge on any atom is -0.480 e. The van der Waals surface area contributed by atoms with Crippen LogP contribution in [0.3, 0.4) is 0 Å². The highest BCUT2D eigenvalue weighted by molar-refractivity contribution is 5.74. The van der Waals surface area contributed by atoms with Crippen molar-refractivity contribution in [3.63, 3.8) is 0 Å². The van der Waals surface area contributed by atoms with Crippen LogP contribution >= 0.6 is 0 Å². The van der Waals surface area contributed by atoms with Gasteiger partial charge in [0, 0.05) is 24.7 Å². The first-order chi connectivity index (χ1) is 9.51. The quantitative estimate of drug-likeness (QED) is 0.865. The monoisotopic (exact) mass is 276 g/mol. The molecule has 0 spiro atoms. The third kappa shape index (κ3) is 3.31. The minimum absolute atomic E-state index is 0.174. The van der Waals surface area contributed by atoms with E-state index < -0.39 is 12.0 Å². The molecule has 110 valence electrons. The molecule has 0 amide bonds. The first kappa shape index (κ1) is 14.9. The van der Waals surface area contributed by atoms with Gasteiger partial charge in [-0.15, -0.1) is 0 Å². The fourth-order valence-corrected chi connectivity index (χ4v) is 3.10. The van der Waals surface area contributed by atoms with Crippen molar-refractivity contribution in [1.29, 1.82) is 0 Å². The van der Waals surface area contributed by atoms with Crippen molar-refractivity contribution in [3.8, 4) is 0 Å². The van der Waals surface area contributed by atoms with Gasteiger partial charge in [-0.2, -0.15) is 0 Å². The Morgan fingerprint density at radius 3 is 2.60 bits per heavy atom. The van der Waals surface area contributed by atoms with E-state index in [0.29, 0.717) is 6.54 Å². The van der Waals surface area contributed by atoms with Gasteiger partial charge in [0.2, 0.25) is 0 Å². The first-order valence-electron chi connectivity index (χ1n) is 7.30. The zero-order chi connectivity index (χ0) is 14.7. The molecule has 0 radical (unpaired) electrons. The summed E-state index contributed by atoms with van der Waals surface area (Å²) in [6, 6.07) is 6.09. The Labute approximate surface area is 120 Å². The summed E-state index contributed by atoms with van der Waals surface area (Å²) < 4.78 is 0. The van der Waals surface area contributed by atoms with Gasteiger partial charge < -0.3 is 15.3 Å². The highest BCUT2D eigenvalue weighted by Gasteiger charge is 2.33. The maximum absolute atomic E-state index is 11.3. The molecule has 1 aromatic carbocycles. The van der Waals surface area contributed by atoms with Crippen LogP contribution < -0.4 is 10.2 Å². The summed E-state index contributed by atoms with van der Waals surface area (Å²) in [5, 5.41) is 12.4. The number of aryl methyl sites for hydroxylation is 2. The SMILES string of the molecule is CCNC(C(=O)O)C1CCN(c2cc(C)cc(C)c2)C1. The number of aliphatic carboxylic acids is 1. The number of anilines is 1. The van der Waals surface area contributed by atoms with Crippen molar-refractivity contribution in [2.75, 3.05) is 24.5 Å². The number of hydrogen-bond donors (Lipinski definition) is 2. The third-order valence-electron chi connectivity index (χ3n) is 3.96.